The zero-order chi connectivity index (χ0) is 41.9. The third-order valence-electron chi connectivity index (χ3n) is 9.29. The van der Waals surface area contributed by atoms with E-state index in [0.717, 1.165) is 32.1 Å². The second kappa shape index (κ2) is 41.6. The number of rotatable bonds is 40. The molecule has 0 aromatic rings. The molecule has 0 heterocycles. The lowest BCUT2D eigenvalue weighted by Crippen LogP contribution is -2.29. The number of hydrogen-bond acceptors (Lipinski definition) is 7. The number of phosphoric acid groups is 1. The lowest BCUT2D eigenvalue weighted by Gasteiger charge is -2.18. The summed E-state index contributed by atoms with van der Waals surface area (Å²) in [7, 11) is -4.79. The molecular formula is C47H81O9P. The van der Waals surface area contributed by atoms with Crippen molar-refractivity contribution < 1.29 is 43.0 Å². The van der Waals surface area contributed by atoms with E-state index in [1.807, 2.05) is 42.5 Å². The van der Waals surface area contributed by atoms with Gasteiger partial charge in [0.1, 0.15) is 6.61 Å². The van der Waals surface area contributed by atoms with Crippen LogP contribution in [0.25, 0.3) is 0 Å². The van der Waals surface area contributed by atoms with Crippen molar-refractivity contribution >= 4 is 19.8 Å². The number of unbranched alkanes of at least 4 members (excludes halogenated alkanes) is 18. The van der Waals surface area contributed by atoms with Crippen molar-refractivity contribution in [2.24, 2.45) is 0 Å². The van der Waals surface area contributed by atoms with Gasteiger partial charge in [-0.15, -0.1) is 0 Å². The number of carbonyl (C=O) groups is 2. The van der Waals surface area contributed by atoms with Crippen LogP contribution in [-0.2, 0) is 28.2 Å². The second-order valence-electron chi connectivity index (χ2n) is 14.8. The van der Waals surface area contributed by atoms with Gasteiger partial charge in [0.15, 0.2) is 6.10 Å². The van der Waals surface area contributed by atoms with Gasteiger partial charge in [0.2, 0.25) is 0 Å². The summed E-state index contributed by atoms with van der Waals surface area (Å²) in [5, 5.41) is 9.99. The molecule has 0 radical (unpaired) electrons. The van der Waals surface area contributed by atoms with Gasteiger partial charge in [0.25, 0.3) is 0 Å². The number of ether oxygens (including phenoxy) is 2. The lowest BCUT2D eigenvalue weighted by molar-refractivity contribution is -0.161. The molecule has 0 aliphatic carbocycles. The van der Waals surface area contributed by atoms with Gasteiger partial charge in [0.05, 0.1) is 12.7 Å². The van der Waals surface area contributed by atoms with Gasteiger partial charge in [-0.3, -0.25) is 14.1 Å². The topological polar surface area (TPSA) is 140 Å². The molecule has 0 rings (SSSR count). The van der Waals surface area contributed by atoms with Gasteiger partial charge in [-0.2, -0.15) is 0 Å². The third-order valence-corrected chi connectivity index (χ3v) is 9.77. The maximum absolute atomic E-state index is 12.4. The highest BCUT2D eigenvalue weighted by Crippen LogP contribution is 2.36. The van der Waals surface area contributed by atoms with Crippen LogP contribution in [0.2, 0.25) is 0 Å². The Balaban J connectivity index is 4.01. The molecule has 57 heavy (non-hydrogen) atoms. The molecule has 0 aliphatic rings. The molecule has 0 bridgehead atoms. The van der Waals surface area contributed by atoms with E-state index in [1.54, 1.807) is 6.08 Å². The SMILES string of the molecule is CC/C=C\C/C=C\CC(O)/C=C/C=C\C/C=C\CCCC(=O)O[C@H](COC(=O)CCCCCCCCCCCCC/C=C\CCCCCCCC)COP(=O)(O)O. The average Bonchev–Trinajstić information content (AvgIpc) is 3.18. The first kappa shape index (κ1) is 54.5. The Labute approximate surface area is 347 Å². The van der Waals surface area contributed by atoms with E-state index in [-0.39, 0.29) is 19.4 Å². The van der Waals surface area contributed by atoms with Crippen LogP contribution in [0.1, 0.15) is 187 Å². The highest BCUT2D eigenvalue weighted by atomic mass is 31.2. The first-order chi connectivity index (χ1) is 27.7. The van der Waals surface area contributed by atoms with Crippen molar-refractivity contribution in [1.82, 2.24) is 0 Å². The number of phosphoric ester groups is 1. The molecule has 0 amide bonds. The molecule has 0 saturated heterocycles. The van der Waals surface area contributed by atoms with Crippen LogP contribution >= 0.6 is 7.82 Å². The van der Waals surface area contributed by atoms with Gasteiger partial charge in [0, 0.05) is 12.8 Å². The molecule has 0 fully saturated rings. The Kier molecular flexibility index (Phi) is 39.7. The fraction of sp³-hybridized carbons (Fsp3) is 0.702. The Morgan fingerprint density at radius 2 is 1.07 bits per heavy atom. The highest BCUT2D eigenvalue weighted by molar-refractivity contribution is 7.46. The summed E-state index contributed by atoms with van der Waals surface area (Å²) >= 11 is 0. The zero-order valence-corrected chi connectivity index (χ0v) is 36.7. The number of esters is 2. The number of aliphatic hydroxyl groups is 1. The van der Waals surface area contributed by atoms with Crippen LogP contribution in [0, 0.1) is 0 Å². The zero-order valence-electron chi connectivity index (χ0n) is 35.8. The van der Waals surface area contributed by atoms with Gasteiger partial charge in [-0.1, -0.05) is 177 Å². The minimum absolute atomic E-state index is 0.0990. The van der Waals surface area contributed by atoms with E-state index in [9.17, 15) is 19.3 Å². The average molecular weight is 821 g/mol. The summed E-state index contributed by atoms with van der Waals surface area (Å²) in [6.45, 7) is 3.45. The maximum Gasteiger partial charge on any atom is 0.469 e. The lowest BCUT2D eigenvalue weighted by atomic mass is 10.0. The summed E-state index contributed by atoms with van der Waals surface area (Å²) in [5.41, 5.74) is 0. The van der Waals surface area contributed by atoms with E-state index >= 15 is 0 Å². The Bertz CT molecular complexity index is 1170. The van der Waals surface area contributed by atoms with E-state index in [2.05, 4.69) is 42.7 Å². The van der Waals surface area contributed by atoms with Gasteiger partial charge in [-0.25, -0.2) is 4.57 Å². The summed E-state index contributed by atoms with van der Waals surface area (Å²) in [4.78, 5) is 42.9. The van der Waals surface area contributed by atoms with Crippen molar-refractivity contribution in [2.75, 3.05) is 13.2 Å². The van der Waals surface area contributed by atoms with Crippen LogP contribution in [0.5, 0.6) is 0 Å². The van der Waals surface area contributed by atoms with Crippen molar-refractivity contribution in [2.45, 2.75) is 199 Å². The molecule has 2 atom stereocenters. The second-order valence-corrected chi connectivity index (χ2v) is 16.1. The van der Waals surface area contributed by atoms with Crippen molar-refractivity contribution in [3.8, 4) is 0 Å². The quantitative estimate of drug-likeness (QED) is 0.0181. The highest BCUT2D eigenvalue weighted by Gasteiger charge is 2.22. The number of allylic oxidation sites excluding steroid dienone is 10. The molecule has 0 aromatic carbocycles. The summed E-state index contributed by atoms with van der Waals surface area (Å²) in [6.07, 6.45) is 50.9. The normalized spacial score (nSPS) is 13.7. The van der Waals surface area contributed by atoms with Gasteiger partial charge < -0.3 is 24.4 Å². The first-order valence-electron chi connectivity index (χ1n) is 22.3. The van der Waals surface area contributed by atoms with Crippen LogP contribution in [-0.4, -0.2) is 52.3 Å². The molecule has 0 aromatic heterocycles. The predicted molar refractivity (Wildman–Crippen MR) is 236 cm³/mol. The number of carbonyl (C=O) groups excluding carboxylic acids is 2. The maximum atomic E-state index is 12.4. The predicted octanol–water partition coefficient (Wildman–Crippen LogP) is 12.8. The standard InChI is InChI=1S/C47H81O9P/c1-3-5-7-9-11-12-13-14-15-16-17-18-19-20-21-22-23-24-28-32-36-40-46(49)54-42-45(43-55-57(51,52)53)56-47(50)41-37-33-29-26-25-27-31-35-39-44(48)38-34-30-10-8-6-4-2/h6,8,14-15,26-27,29-31,34-35,39,44-45,48H,3-5,7,9-13,16-25,28,32-33,36-38,40-43H2,1-2H3,(H2,51,52,53)/b8-6-,15-14-,29-26-,31-27-,34-30-,39-35+/t44?,45-/m1/s1. The largest absolute Gasteiger partial charge is 0.469 e. The van der Waals surface area contributed by atoms with E-state index in [0.29, 0.717) is 32.1 Å². The number of hydrogen-bond donors (Lipinski definition) is 3. The molecule has 3 N–H and O–H groups in total. The smallest absolute Gasteiger partial charge is 0.462 e. The third kappa shape index (κ3) is 44.4. The van der Waals surface area contributed by atoms with Crippen LogP contribution in [0.3, 0.4) is 0 Å². The molecule has 10 heteroatoms. The Hall–Kier alpha value is -2.55. The minimum atomic E-state index is -4.79. The van der Waals surface area contributed by atoms with Gasteiger partial charge >= 0.3 is 19.8 Å². The van der Waals surface area contributed by atoms with Crippen LogP contribution in [0.4, 0.5) is 0 Å². The van der Waals surface area contributed by atoms with Crippen LogP contribution in [0.15, 0.2) is 72.9 Å². The molecular weight excluding hydrogens is 739 g/mol. The summed E-state index contributed by atoms with van der Waals surface area (Å²) in [5.74, 6) is -0.994. The molecule has 0 aliphatic heterocycles. The number of aliphatic hydroxyl groups excluding tert-OH is 1. The van der Waals surface area contributed by atoms with E-state index < -0.39 is 38.6 Å². The van der Waals surface area contributed by atoms with Gasteiger partial charge in [-0.05, 0) is 70.6 Å². The summed E-state index contributed by atoms with van der Waals surface area (Å²) < 4.78 is 26.3. The Morgan fingerprint density at radius 1 is 0.561 bits per heavy atom. The van der Waals surface area contributed by atoms with Crippen molar-refractivity contribution in [3.05, 3.63) is 72.9 Å². The van der Waals surface area contributed by atoms with Crippen LogP contribution < -0.4 is 0 Å². The molecule has 0 saturated carbocycles. The van der Waals surface area contributed by atoms with Crippen molar-refractivity contribution in [3.63, 3.8) is 0 Å². The summed E-state index contributed by atoms with van der Waals surface area (Å²) in [6, 6.07) is 0. The molecule has 1 unspecified atom stereocenters. The fourth-order valence-electron chi connectivity index (χ4n) is 5.96. The molecule has 0 spiro atoms. The minimum Gasteiger partial charge on any atom is -0.462 e. The fourth-order valence-corrected chi connectivity index (χ4v) is 6.32. The first-order valence-corrected chi connectivity index (χ1v) is 23.9. The molecule has 328 valence electrons. The monoisotopic (exact) mass is 821 g/mol. The van der Waals surface area contributed by atoms with E-state index in [1.165, 1.54) is 96.3 Å². The van der Waals surface area contributed by atoms with Crippen molar-refractivity contribution in [1.29, 1.82) is 0 Å². The molecule has 9 nitrogen and oxygen atoms in total. The Morgan fingerprint density at radius 3 is 1.68 bits per heavy atom. The van der Waals surface area contributed by atoms with E-state index in [4.69, 9.17) is 19.3 Å².